The van der Waals surface area contributed by atoms with Crippen LogP contribution in [-0.2, 0) is 14.8 Å². The van der Waals surface area contributed by atoms with Crippen molar-refractivity contribution in [2.24, 2.45) is 0 Å². The normalized spacial score (nSPS) is 12.8. The predicted octanol–water partition coefficient (Wildman–Crippen LogP) is 4.61. The third-order valence-corrected chi connectivity index (χ3v) is 6.97. The number of benzene rings is 3. The second-order valence-electron chi connectivity index (χ2n) is 7.21. The van der Waals surface area contributed by atoms with Gasteiger partial charge in [0.15, 0.2) is 0 Å². The van der Waals surface area contributed by atoms with Crippen molar-refractivity contribution < 1.29 is 13.2 Å². The number of fused-ring (bicyclic) bond motifs is 1. The first-order valence-corrected chi connectivity index (χ1v) is 11.1. The van der Waals surface area contributed by atoms with Gasteiger partial charge in [-0.2, -0.15) is 4.31 Å². The molecular weight excluding hydrogens is 384 g/mol. The molecule has 0 aliphatic carbocycles. The lowest BCUT2D eigenvalue weighted by Crippen LogP contribution is -2.35. The zero-order chi connectivity index (χ0) is 21.0. The van der Waals surface area contributed by atoms with Crippen molar-refractivity contribution in [2.45, 2.75) is 31.1 Å². The Hall–Kier alpha value is -2.70. The van der Waals surface area contributed by atoms with Gasteiger partial charge in [0.1, 0.15) is 0 Å². The smallest absolute Gasteiger partial charge is 0.243 e. The maximum Gasteiger partial charge on any atom is 0.243 e. The number of sulfonamides is 1. The molecule has 29 heavy (non-hydrogen) atoms. The quantitative estimate of drug-likeness (QED) is 0.618. The first kappa shape index (κ1) is 21.0. The highest BCUT2D eigenvalue weighted by molar-refractivity contribution is 7.89. The van der Waals surface area contributed by atoms with Gasteiger partial charge in [0.25, 0.3) is 0 Å². The summed E-state index contributed by atoms with van der Waals surface area (Å²) in [6, 6.07) is 20.2. The summed E-state index contributed by atoms with van der Waals surface area (Å²) in [5.74, 6) is -0.0711. The van der Waals surface area contributed by atoms with Crippen LogP contribution in [0.2, 0.25) is 0 Å². The number of nitrogens with zero attached hydrogens (tertiary/aromatic N) is 1. The minimum Gasteiger partial charge on any atom is -0.325 e. The average molecular weight is 411 g/mol. The number of amides is 1. The Bertz CT molecular complexity index is 1130. The second-order valence-corrected chi connectivity index (χ2v) is 9.26. The van der Waals surface area contributed by atoms with Crippen LogP contribution in [0.3, 0.4) is 0 Å². The van der Waals surface area contributed by atoms with Gasteiger partial charge in [-0.15, -0.1) is 0 Å². The first-order valence-electron chi connectivity index (χ1n) is 9.67. The number of hydrogen-bond donors (Lipinski definition) is 1. The summed E-state index contributed by atoms with van der Waals surface area (Å²) < 4.78 is 26.9. The maximum absolute atomic E-state index is 12.9. The van der Waals surface area contributed by atoms with Crippen molar-refractivity contribution in [3.63, 3.8) is 0 Å². The van der Waals surface area contributed by atoms with Crippen LogP contribution in [0, 0.1) is 0 Å². The number of likely N-dealkylation sites (N-methyl/N-ethyl adjacent to an activating group) is 1. The van der Waals surface area contributed by atoms with E-state index in [2.05, 4.69) is 19.2 Å². The Balaban J connectivity index is 1.76. The fourth-order valence-electron chi connectivity index (χ4n) is 3.25. The monoisotopic (exact) mass is 410 g/mol. The maximum atomic E-state index is 12.9. The standard InChI is InChI=1S/C23H26N2O3S/c1-4-17(2)21-11-7-8-12-22(21)24-23(26)16-25(3)29(27,28)20-14-13-18-9-5-6-10-19(18)15-20/h5-15,17H,4,16H2,1-3H3,(H,24,26)/t17-/m0/s1. The average Bonchev–Trinajstić information content (AvgIpc) is 2.73. The van der Waals surface area contributed by atoms with Crippen LogP contribution >= 0.6 is 0 Å². The first-order chi connectivity index (χ1) is 13.8. The molecule has 0 heterocycles. The van der Waals surface area contributed by atoms with E-state index < -0.39 is 10.0 Å². The third kappa shape index (κ3) is 4.66. The summed E-state index contributed by atoms with van der Waals surface area (Å²) in [7, 11) is -2.36. The molecule has 0 bridgehead atoms. The molecule has 6 heteroatoms. The molecule has 5 nitrogen and oxygen atoms in total. The van der Waals surface area contributed by atoms with Crippen molar-refractivity contribution in [3.05, 3.63) is 72.3 Å². The Morgan fingerprint density at radius 1 is 1.00 bits per heavy atom. The van der Waals surface area contributed by atoms with Crippen molar-refractivity contribution in [3.8, 4) is 0 Å². The minimum atomic E-state index is -3.78. The molecule has 0 aliphatic heterocycles. The van der Waals surface area contributed by atoms with Gasteiger partial charge < -0.3 is 5.32 Å². The van der Waals surface area contributed by atoms with E-state index in [9.17, 15) is 13.2 Å². The van der Waals surface area contributed by atoms with Gasteiger partial charge in [-0.05, 0) is 46.9 Å². The molecule has 0 unspecified atom stereocenters. The molecule has 0 fully saturated rings. The number of anilines is 1. The summed E-state index contributed by atoms with van der Waals surface area (Å²) in [5, 5.41) is 4.67. The van der Waals surface area contributed by atoms with Gasteiger partial charge >= 0.3 is 0 Å². The van der Waals surface area contributed by atoms with E-state index in [1.165, 1.54) is 7.05 Å². The summed E-state index contributed by atoms with van der Waals surface area (Å²) in [5.41, 5.74) is 1.77. The Kier molecular flexibility index (Phi) is 6.35. The van der Waals surface area contributed by atoms with Gasteiger partial charge in [-0.3, -0.25) is 4.79 Å². The number of nitrogens with one attached hydrogen (secondary N) is 1. The van der Waals surface area contributed by atoms with E-state index in [1.807, 2.05) is 48.5 Å². The molecule has 1 N–H and O–H groups in total. The Labute approximate surface area is 172 Å². The molecule has 152 valence electrons. The molecule has 0 radical (unpaired) electrons. The number of carbonyl (C=O) groups is 1. The molecule has 3 aromatic rings. The molecular formula is C23H26N2O3S. The lowest BCUT2D eigenvalue weighted by Gasteiger charge is -2.19. The van der Waals surface area contributed by atoms with Crippen molar-refractivity contribution in [1.82, 2.24) is 4.31 Å². The van der Waals surface area contributed by atoms with E-state index in [0.29, 0.717) is 5.92 Å². The SMILES string of the molecule is CC[C@H](C)c1ccccc1NC(=O)CN(C)S(=O)(=O)c1ccc2ccccc2c1. The van der Waals surface area contributed by atoms with Crippen LogP contribution in [0.25, 0.3) is 10.8 Å². The Morgan fingerprint density at radius 3 is 2.38 bits per heavy atom. The topological polar surface area (TPSA) is 66.5 Å². The lowest BCUT2D eigenvalue weighted by molar-refractivity contribution is -0.116. The second kappa shape index (κ2) is 8.76. The zero-order valence-electron chi connectivity index (χ0n) is 16.9. The molecule has 0 saturated carbocycles. The number of para-hydroxylation sites is 1. The van der Waals surface area contributed by atoms with Crippen LogP contribution in [-0.4, -0.2) is 32.2 Å². The van der Waals surface area contributed by atoms with Gasteiger partial charge in [-0.25, -0.2) is 8.42 Å². The molecule has 0 aliphatic rings. The lowest BCUT2D eigenvalue weighted by atomic mass is 9.97. The molecule has 0 aromatic heterocycles. The highest BCUT2D eigenvalue weighted by Gasteiger charge is 2.23. The molecule has 1 amide bonds. The molecule has 0 spiro atoms. The summed E-state index contributed by atoms with van der Waals surface area (Å²) in [4.78, 5) is 12.7. The fourth-order valence-corrected chi connectivity index (χ4v) is 4.41. The van der Waals surface area contributed by atoms with E-state index in [-0.39, 0.29) is 17.3 Å². The van der Waals surface area contributed by atoms with E-state index >= 15 is 0 Å². The van der Waals surface area contributed by atoms with Crippen LogP contribution in [0.15, 0.2) is 71.6 Å². The summed E-state index contributed by atoms with van der Waals surface area (Å²) in [6.07, 6.45) is 0.948. The van der Waals surface area contributed by atoms with E-state index in [1.54, 1.807) is 18.2 Å². The zero-order valence-corrected chi connectivity index (χ0v) is 17.7. The van der Waals surface area contributed by atoms with Gasteiger partial charge in [0, 0.05) is 12.7 Å². The highest BCUT2D eigenvalue weighted by atomic mass is 32.2. The van der Waals surface area contributed by atoms with Gasteiger partial charge in [-0.1, -0.05) is 62.4 Å². The van der Waals surface area contributed by atoms with Gasteiger partial charge in [0.05, 0.1) is 11.4 Å². The molecule has 1 atom stereocenters. The summed E-state index contributed by atoms with van der Waals surface area (Å²) >= 11 is 0. The molecule has 3 rings (SSSR count). The minimum absolute atomic E-state index is 0.173. The highest BCUT2D eigenvalue weighted by Crippen LogP contribution is 2.26. The van der Waals surface area contributed by atoms with Crippen molar-refractivity contribution >= 4 is 32.4 Å². The van der Waals surface area contributed by atoms with Crippen LogP contribution < -0.4 is 5.32 Å². The van der Waals surface area contributed by atoms with Crippen LogP contribution in [0.5, 0.6) is 0 Å². The predicted molar refractivity (Wildman–Crippen MR) is 118 cm³/mol. The molecule has 0 saturated heterocycles. The number of carbonyl (C=O) groups excluding carboxylic acids is 1. The Morgan fingerprint density at radius 2 is 1.66 bits per heavy atom. The van der Waals surface area contributed by atoms with E-state index in [0.717, 1.165) is 32.7 Å². The molecule has 3 aromatic carbocycles. The fraction of sp³-hybridized carbons (Fsp3) is 0.261. The van der Waals surface area contributed by atoms with Crippen LogP contribution in [0.1, 0.15) is 31.7 Å². The third-order valence-electron chi connectivity index (χ3n) is 5.17. The van der Waals surface area contributed by atoms with E-state index in [4.69, 9.17) is 0 Å². The number of hydrogen-bond acceptors (Lipinski definition) is 3. The van der Waals surface area contributed by atoms with Crippen molar-refractivity contribution in [1.29, 1.82) is 0 Å². The number of rotatable bonds is 7. The summed E-state index contributed by atoms with van der Waals surface area (Å²) in [6.45, 7) is 3.93. The van der Waals surface area contributed by atoms with Gasteiger partial charge in [0.2, 0.25) is 15.9 Å². The van der Waals surface area contributed by atoms with Crippen LogP contribution in [0.4, 0.5) is 5.69 Å². The van der Waals surface area contributed by atoms with Crippen molar-refractivity contribution in [2.75, 3.05) is 18.9 Å². The largest absolute Gasteiger partial charge is 0.325 e.